The highest BCUT2D eigenvalue weighted by atomic mass is 16.3. The molecule has 18 heavy (non-hydrogen) atoms. The second kappa shape index (κ2) is 4.79. The first-order valence-corrected chi connectivity index (χ1v) is 7.83. The van der Waals surface area contributed by atoms with Crippen LogP contribution in [0.4, 0.5) is 0 Å². The molecule has 0 aromatic heterocycles. The summed E-state index contributed by atoms with van der Waals surface area (Å²) >= 11 is 0. The summed E-state index contributed by atoms with van der Waals surface area (Å²) in [4.78, 5) is 0. The third-order valence-electron chi connectivity index (χ3n) is 6.27. The molecule has 0 spiro atoms. The SMILES string of the molecule is CCC1CCC(CN)(C2(O)CCCCC2(C)C)C1. The molecule has 2 nitrogen and oxygen atoms in total. The molecular weight excluding hydrogens is 222 g/mol. The van der Waals surface area contributed by atoms with Gasteiger partial charge in [-0.15, -0.1) is 0 Å². The molecular formula is C16H31NO. The van der Waals surface area contributed by atoms with Crippen molar-refractivity contribution in [3.63, 3.8) is 0 Å². The van der Waals surface area contributed by atoms with Crippen LogP contribution in [0.2, 0.25) is 0 Å². The van der Waals surface area contributed by atoms with Gasteiger partial charge in [0.25, 0.3) is 0 Å². The van der Waals surface area contributed by atoms with Gasteiger partial charge < -0.3 is 10.8 Å². The normalized spacial score (nSPS) is 44.2. The van der Waals surface area contributed by atoms with Gasteiger partial charge in [0, 0.05) is 12.0 Å². The van der Waals surface area contributed by atoms with Crippen LogP contribution < -0.4 is 5.73 Å². The zero-order valence-corrected chi connectivity index (χ0v) is 12.5. The predicted octanol–water partition coefficient (Wildman–Crippen LogP) is 3.47. The smallest absolute Gasteiger partial charge is 0.0766 e. The molecule has 106 valence electrons. The third-order valence-corrected chi connectivity index (χ3v) is 6.27. The van der Waals surface area contributed by atoms with Crippen LogP contribution in [0.25, 0.3) is 0 Å². The van der Waals surface area contributed by atoms with Crippen LogP contribution >= 0.6 is 0 Å². The average molecular weight is 253 g/mol. The number of aliphatic hydroxyl groups is 1. The first-order chi connectivity index (χ1) is 8.41. The summed E-state index contributed by atoms with van der Waals surface area (Å²) in [6, 6.07) is 0. The van der Waals surface area contributed by atoms with Crippen LogP contribution in [0.15, 0.2) is 0 Å². The summed E-state index contributed by atoms with van der Waals surface area (Å²) in [6.45, 7) is 7.43. The lowest BCUT2D eigenvalue weighted by Crippen LogP contribution is -2.61. The van der Waals surface area contributed by atoms with E-state index in [2.05, 4.69) is 20.8 Å². The monoisotopic (exact) mass is 253 g/mol. The Morgan fingerprint density at radius 3 is 2.33 bits per heavy atom. The lowest BCUT2D eigenvalue weighted by Gasteiger charge is -2.56. The highest BCUT2D eigenvalue weighted by molar-refractivity contribution is 5.11. The predicted molar refractivity (Wildman–Crippen MR) is 76.3 cm³/mol. The number of hydrogen-bond donors (Lipinski definition) is 2. The Bertz CT molecular complexity index is 301. The van der Waals surface area contributed by atoms with Gasteiger partial charge in [0.1, 0.15) is 0 Å². The van der Waals surface area contributed by atoms with E-state index in [0.717, 1.165) is 31.6 Å². The second-order valence-electron chi connectivity index (χ2n) is 7.45. The Hall–Kier alpha value is -0.0800. The van der Waals surface area contributed by atoms with Gasteiger partial charge in [0.15, 0.2) is 0 Å². The third kappa shape index (κ3) is 1.92. The van der Waals surface area contributed by atoms with E-state index in [1.807, 2.05) is 0 Å². The van der Waals surface area contributed by atoms with Crippen LogP contribution in [0, 0.1) is 16.7 Å². The number of hydrogen-bond acceptors (Lipinski definition) is 2. The molecule has 3 unspecified atom stereocenters. The van der Waals surface area contributed by atoms with Crippen LogP contribution in [-0.2, 0) is 0 Å². The molecule has 0 amide bonds. The van der Waals surface area contributed by atoms with Crippen LogP contribution in [-0.4, -0.2) is 17.3 Å². The zero-order valence-electron chi connectivity index (χ0n) is 12.5. The molecule has 2 saturated carbocycles. The highest BCUT2D eigenvalue weighted by Gasteiger charge is 2.59. The van der Waals surface area contributed by atoms with Crippen molar-refractivity contribution in [3.05, 3.63) is 0 Å². The molecule has 0 saturated heterocycles. The van der Waals surface area contributed by atoms with Gasteiger partial charge in [-0.3, -0.25) is 0 Å². The molecule has 3 atom stereocenters. The Balaban J connectivity index is 2.31. The van der Waals surface area contributed by atoms with Gasteiger partial charge >= 0.3 is 0 Å². The molecule has 2 fully saturated rings. The lowest BCUT2D eigenvalue weighted by atomic mass is 9.53. The van der Waals surface area contributed by atoms with E-state index in [-0.39, 0.29) is 10.8 Å². The van der Waals surface area contributed by atoms with Crippen LogP contribution in [0.1, 0.15) is 72.1 Å². The number of nitrogens with two attached hydrogens (primary N) is 1. The minimum atomic E-state index is -0.545. The van der Waals surface area contributed by atoms with E-state index in [0.29, 0.717) is 6.54 Å². The quantitative estimate of drug-likeness (QED) is 0.809. The van der Waals surface area contributed by atoms with E-state index in [1.54, 1.807) is 0 Å². The van der Waals surface area contributed by atoms with Gasteiger partial charge in [-0.25, -0.2) is 0 Å². The van der Waals surface area contributed by atoms with Crippen molar-refractivity contribution in [2.24, 2.45) is 22.5 Å². The number of rotatable bonds is 3. The van der Waals surface area contributed by atoms with Gasteiger partial charge in [0.2, 0.25) is 0 Å². The first-order valence-electron chi connectivity index (χ1n) is 7.83. The minimum absolute atomic E-state index is 0.0163. The van der Waals surface area contributed by atoms with Gasteiger partial charge in [0.05, 0.1) is 5.60 Å². The van der Waals surface area contributed by atoms with Crippen LogP contribution in [0.3, 0.4) is 0 Å². The molecule has 0 aliphatic heterocycles. The van der Waals surface area contributed by atoms with Gasteiger partial charge in [-0.2, -0.15) is 0 Å². The van der Waals surface area contributed by atoms with Crippen molar-refractivity contribution in [1.29, 1.82) is 0 Å². The lowest BCUT2D eigenvalue weighted by molar-refractivity contribution is -0.180. The molecule has 0 aromatic carbocycles. The molecule has 0 heterocycles. The molecule has 2 rings (SSSR count). The summed E-state index contributed by atoms with van der Waals surface area (Å²) in [7, 11) is 0. The maximum absolute atomic E-state index is 11.5. The van der Waals surface area contributed by atoms with Gasteiger partial charge in [-0.1, -0.05) is 40.0 Å². The molecule has 3 N–H and O–H groups in total. The second-order valence-corrected chi connectivity index (χ2v) is 7.45. The van der Waals surface area contributed by atoms with Gasteiger partial charge in [-0.05, 0) is 43.4 Å². The maximum Gasteiger partial charge on any atom is 0.0766 e. The highest BCUT2D eigenvalue weighted by Crippen LogP contribution is 2.60. The van der Waals surface area contributed by atoms with Crippen molar-refractivity contribution in [2.45, 2.75) is 77.7 Å². The zero-order chi connectivity index (χ0) is 13.4. The Kier molecular flexibility index (Phi) is 3.81. The van der Waals surface area contributed by atoms with E-state index in [9.17, 15) is 5.11 Å². The summed E-state index contributed by atoms with van der Waals surface area (Å²) in [5.74, 6) is 0.773. The van der Waals surface area contributed by atoms with Crippen molar-refractivity contribution in [1.82, 2.24) is 0 Å². The van der Waals surface area contributed by atoms with E-state index in [4.69, 9.17) is 5.73 Å². The molecule has 2 aliphatic carbocycles. The summed E-state index contributed by atoms with van der Waals surface area (Å²) in [5, 5.41) is 11.5. The van der Waals surface area contributed by atoms with E-state index < -0.39 is 5.60 Å². The Labute approximate surface area is 112 Å². The van der Waals surface area contributed by atoms with Crippen LogP contribution in [0.5, 0.6) is 0 Å². The van der Waals surface area contributed by atoms with E-state index in [1.165, 1.54) is 25.7 Å². The standard InChI is InChI=1S/C16H31NO/c1-4-13-7-10-15(11-13,12-17)16(18)9-6-5-8-14(16,2)3/h13,18H,4-12,17H2,1-3H3. The Morgan fingerprint density at radius 2 is 1.83 bits per heavy atom. The topological polar surface area (TPSA) is 46.2 Å². The largest absolute Gasteiger partial charge is 0.389 e. The Morgan fingerprint density at radius 1 is 1.17 bits per heavy atom. The molecule has 2 heteroatoms. The summed E-state index contributed by atoms with van der Waals surface area (Å²) < 4.78 is 0. The van der Waals surface area contributed by atoms with Crippen molar-refractivity contribution < 1.29 is 5.11 Å². The fraction of sp³-hybridized carbons (Fsp3) is 1.00. The summed E-state index contributed by atoms with van der Waals surface area (Å²) in [6.07, 6.45) is 9.27. The molecule has 2 aliphatic rings. The maximum atomic E-state index is 11.5. The minimum Gasteiger partial charge on any atom is -0.389 e. The van der Waals surface area contributed by atoms with Crippen molar-refractivity contribution in [3.8, 4) is 0 Å². The average Bonchev–Trinajstić information content (AvgIpc) is 2.78. The summed E-state index contributed by atoms with van der Waals surface area (Å²) in [5.41, 5.74) is 5.62. The molecule has 0 radical (unpaired) electrons. The van der Waals surface area contributed by atoms with Crippen molar-refractivity contribution >= 4 is 0 Å². The van der Waals surface area contributed by atoms with Crippen molar-refractivity contribution in [2.75, 3.05) is 6.54 Å². The first kappa shape index (κ1) is 14.3. The molecule has 0 bridgehead atoms. The fourth-order valence-corrected chi connectivity index (χ4v) is 4.79. The molecule has 0 aromatic rings. The fourth-order valence-electron chi connectivity index (χ4n) is 4.79. The van der Waals surface area contributed by atoms with E-state index >= 15 is 0 Å².